The molecule has 9 heteroatoms. The van der Waals surface area contributed by atoms with Gasteiger partial charge in [-0.2, -0.15) is 0 Å². The third-order valence-electron chi connectivity index (χ3n) is 8.64. The highest BCUT2D eigenvalue weighted by atomic mass is 19.3. The number of ether oxygens (including phenoxy) is 1. The molecule has 3 amide bonds. The molecule has 210 valence electrons. The van der Waals surface area contributed by atoms with Crippen LogP contribution in [0, 0.1) is 5.41 Å². The molecule has 1 atom stereocenters. The molecule has 3 aliphatic rings. The highest BCUT2D eigenvalue weighted by molar-refractivity contribution is 5.85. The lowest BCUT2D eigenvalue weighted by molar-refractivity contribution is -0.138. The maximum atomic E-state index is 13.7. The zero-order valence-electron chi connectivity index (χ0n) is 22.6. The van der Waals surface area contributed by atoms with Crippen molar-refractivity contribution in [1.82, 2.24) is 20.0 Å². The van der Waals surface area contributed by atoms with Gasteiger partial charge in [0.05, 0.1) is 25.1 Å². The van der Waals surface area contributed by atoms with Crippen LogP contribution in [0.25, 0.3) is 0 Å². The molecule has 0 bridgehead atoms. The van der Waals surface area contributed by atoms with Crippen LogP contribution in [-0.4, -0.2) is 78.9 Å². The van der Waals surface area contributed by atoms with E-state index in [-0.39, 0.29) is 30.3 Å². The number of amides is 3. The first-order valence-electron chi connectivity index (χ1n) is 13.9. The van der Waals surface area contributed by atoms with E-state index in [1.54, 1.807) is 7.11 Å². The third-order valence-corrected chi connectivity index (χ3v) is 8.64. The van der Waals surface area contributed by atoms with Gasteiger partial charge in [-0.15, -0.1) is 0 Å². The summed E-state index contributed by atoms with van der Waals surface area (Å²) in [6.45, 7) is 3.36. The Morgan fingerprint density at radius 2 is 1.67 bits per heavy atom. The van der Waals surface area contributed by atoms with E-state index in [0.29, 0.717) is 13.0 Å². The van der Waals surface area contributed by atoms with Crippen molar-refractivity contribution in [3.05, 3.63) is 65.7 Å². The van der Waals surface area contributed by atoms with E-state index in [9.17, 15) is 18.4 Å². The number of benzene rings is 2. The summed E-state index contributed by atoms with van der Waals surface area (Å²) in [5.41, 5.74) is 1.78. The molecule has 0 unspecified atom stereocenters. The molecular weight excluding hydrogens is 502 g/mol. The summed E-state index contributed by atoms with van der Waals surface area (Å²) in [5, 5.41) is 3.00. The van der Waals surface area contributed by atoms with Gasteiger partial charge >= 0.3 is 6.03 Å². The lowest BCUT2D eigenvalue weighted by Crippen LogP contribution is -2.46. The molecular formula is C30H38F2N4O3. The number of halogens is 2. The first-order valence-corrected chi connectivity index (χ1v) is 13.9. The van der Waals surface area contributed by atoms with E-state index in [1.807, 2.05) is 59.5 Å². The number of piperidine rings is 1. The van der Waals surface area contributed by atoms with Crippen LogP contribution >= 0.6 is 0 Å². The van der Waals surface area contributed by atoms with E-state index in [0.717, 1.165) is 62.3 Å². The molecule has 1 N–H and O–H groups in total. The molecule has 0 aromatic heterocycles. The van der Waals surface area contributed by atoms with Gasteiger partial charge in [-0.3, -0.25) is 4.79 Å². The molecule has 5 rings (SSSR count). The molecule has 0 saturated carbocycles. The lowest BCUT2D eigenvalue weighted by Gasteiger charge is -2.38. The molecule has 0 radical (unpaired) electrons. The number of nitrogens with one attached hydrogen (secondary N) is 1. The summed E-state index contributed by atoms with van der Waals surface area (Å²) in [6, 6.07) is 16.9. The molecule has 0 aliphatic carbocycles. The Morgan fingerprint density at radius 3 is 2.31 bits per heavy atom. The number of hydrogen-bond acceptors (Lipinski definition) is 4. The Kier molecular flexibility index (Phi) is 8.07. The van der Waals surface area contributed by atoms with Crippen molar-refractivity contribution < 1.29 is 23.1 Å². The van der Waals surface area contributed by atoms with Crippen molar-refractivity contribution in [2.24, 2.45) is 5.41 Å². The predicted octanol–water partition coefficient (Wildman–Crippen LogP) is 4.69. The second-order valence-corrected chi connectivity index (χ2v) is 11.2. The van der Waals surface area contributed by atoms with Gasteiger partial charge < -0.3 is 24.8 Å². The van der Waals surface area contributed by atoms with Gasteiger partial charge in [0, 0.05) is 32.6 Å². The van der Waals surface area contributed by atoms with Crippen LogP contribution in [0.5, 0.6) is 5.75 Å². The smallest absolute Gasteiger partial charge is 0.318 e. The Hall–Kier alpha value is -3.20. The fraction of sp³-hybridized carbons (Fsp3) is 0.533. The molecule has 7 nitrogen and oxygen atoms in total. The SMILES string of the molecule is COc1ccc(CN2CCC3(CCN(CC[C@H](NC(=O)N4CCC(F)(F)C4)c4ccccc4)CC3)C2=O)cc1. The predicted molar refractivity (Wildman–Crippen MR) is 145 cm³/mol. The minimum atomic E-state index is -2.81. The van der Waals surface area contributed by atoms with E-state index < -0.39 is 18.5 Å². The Labute approximate surface area is 229 Å². The summed E-state index contributed by atoms with van der Waals surface area (Å²) < 4.78 is 32.6. The third kappa shape index (κ3) is 6.35. The topological polar surface area (TPSA) is 65.1 Å². The van der Waals surface area contributed by atoms with Crippen molar-refractivity contribution in [3.8, 4) is 5.75 Å². The Bertz CT molecular complexity index is 1140. The van der Waals surface area contributed by atoms with E-state index in [4.69, 9.17) is 4.74 Å². The highest BCUT2D eigenvalue weighted by Crippen LogP contribution is 2.42. The number of methoxy groups -OCH3 is 1. The standard InChI is InChI=1S/C30H38F2N4O3/c1-39-25-9-7-23(8-10-25)21-35-19-14-29(27(35)37)12-17-34(18-13-29)16-11-26(24-5-3-2-4-6-24)33-28(38)36-20-15-30(31,32)22-36/h2-10,26H,11-22H2,1H3,(H,33,38)/t26-/m0/s1. The van der Waals surface area contributed by atoms with Crippen LogP contribution < -0.4 is 10.1 Å². The van der Waals surface area contributed by atoms with Crippen LogP contribution in [0.15, 0.2) is 54.6 Å². The maximum absolute atomic E-state index is 13.7. The molecule has 2 aromatic rings. The number of carbonyl (C=O) groups is 2. The summed E-state index contributed by atoms with van der Waals surface area (Å²) in [6.07, 6.45) is 2.93. The number of alkyl halides is 2. The van der Waals surface area contributed by atoms with Crippen LogP contribution in [-0.2, 0) is 11.3 Å². The molecule has 1 spiro atoms. The van der Waals surface area contributed by atoms with Gasteiger partial charge in [-0.25, -0.2) is 13.6 Å². The molecule has 3 heterocycles. The van der Waals surface area contributed by atoms with Gasteiger partial charge in [0.1, 0.15) is 5.75 Å². The zero-order valence-corrected chi connectivity index (χ0v) is 22.6. The summed E-state index contributed by atoms with van der Waals surface area (Å²) in [5.74, 6) is -1.75. The van der Waals surface area contributed by atoms with Gasteiger partial charge in [-0.05, 0) is 62.0 Å². The normalized spacial score (nSPS) is 21.4. The molecule has 3 saturated heterocycles. The van der Waals surface area contributed by atoms with Gasteiger partial charge in [-0.1, -0.05) is 42.5 Å². The zero-order chi connectivity index (χ0) is 27.5. The van der Waals surface area contributed by atoms with Crippen molar-refractivity contribution in [3.63, 3.8) is 0 Å². The van der Waals surface area contributed by atoms with Crippen molar-refractivity contribution in [2.75, 3.05) is 46.4 Å². The number of urea groups is 1. The Balaban J connectivity index is 1.14. The van der Waals surface area contributed by atoms with E-state index >= 15 is 0 Å². The van der Waals surface area contributed by atoms with Gasteiger partial charge in [0.15, 0.2) is 0 Å². The minimum Gasteiger partial charge on any atom is -0.497 e. The molecule has 3 aliphatic heterocycles. The molecule has 39 heavy (non-hydrogen) atoms. The quantitative estimate of drug-likeness (QED) is 0.528. The van der Waals surface area contributed by atoms with Gasteiger partial charge in [0.25, 0.3) is 5.92 Å². The second-order valence-electron chi connectivity index (χ2n) is 11.2. The lowest BCUT2D eigenvalue weighted by atomic mass is 9.77. The van der Waals surface area contributed by atoms with Crippen LogP contribution in [0.3, 0.4) is 0 Å². The average Bonchev–Trinajstić information content (AvgIpc) is 3.47. The first kappa shape index (κ1) is 27.4. The maximum Gasteiger partial charge on any atom is 0.318 e. The van der Waals surface area contributed by atoms with Gasteiger partial charge in [0.2, 0.25) is 5.91 Å². The van der Waals surface area contributed by atoms with E-state index in [1.165, 1.54) is 4.90 Å². The van der Waals surface area contributed by atoms with Crippen LogP contribution in [0.1, 0.15) is 49.3 Å². The van der Waals surface area contributed by atoms with Crippen LogP contribution in [0.2, 0.25) is 0 Å². The van der Waals surface area contributed by atoms with Crippen molar-refractivity contribution in [2.45, 2.75) is 50.6 Å². The number of rotatable bonds is 8. The molecule has 3 fully saturated rings. The minimum absolute atomic E-state index is 0.0675. The summed E-state index contributed by atoms with van der Waals surface area (Å²) in [7, 11) is 1.64. The monoisotopic (exact) mass is 540 g/mol. The number of hydrogen-bond donors (Lipinski definition) is 1. The number of carbonyl (C=O) groups excluding carboxylic acids is 2. The fourth-order valence-electron chi connectivity index (χ4n) is 6.13. The number of nitrogens with zero attached hydrogens (tertiary/aromatic N) is 3. The van der Waals surface area contributed by atoms with Crippen LogP contribution in [0.4, 0.5) is 13.6 Å². The number of likely N-dealkylation sites (tertiary alicyclic amines) is 3. The first-order chi connectivity index (χ1) is 18.8. The summed E-state index contributed by atoms with van der Waals surface area (Å²) in [4.78, 5) is 31.8. The van der Waals surface area contributed by atoms with Crippen molar-refractivity contribution in [1.29, 1.82) is 0 Å². The highest BCUT2D eigenvalue weighted by Gasteiger charge is 2.48. The molecule has 2 aromatic carbocycles. The van der Waals surface area contributed by atoms with Crippen molar-refractivity contribution >= 4 is 11.9 Å². The van der Waals surface area contributed by atoms with E-state index in [2.05, 4.69) is 10.2 Å². The Morgan fingerprint density at radius 1 is 0.974 bits per heavy atom. The largest absolute Gasteiger partial charge is 0.497 e. The average molecular weight is 541 g/mol. The second kappa shape index (κ2) is 11.5. The fourth-order valence-corrected chi connectivity index (χ4v) is 6.13. The summed E-state index contributed by atoms with van der Waals surface area (Å²) >= 11 is 0.